The van der Waals surface area contributed by atoms with Crippen molar-refractivity contribution in [2.45, 2.75) is 33.1 Å². The van der Waals surface area contributed by atoms with Crippen LogP contribution in [0.1, 0.15) is 31.7 Å². The molecule has 114 valence electrons. The van der Waals surface area contributed by atoms with Gasteiger partial charge in [-0.3, -0.25) is 9.59 Å². The van der Waals surface area contributed by atoms with Crippen molar-refractivity contribution in [2.24, 2.45) is 11.7 Å². The highest BCUT2D eigenvalue weighted by atomic mass is 16.2. The summed E-state index contributed by atoms with van der Waals surface area (Å²) < 4.78 is 0. The van der Waals surface area contributed by atoms with Crippen molar-refractivity contribution in [2.75, 3.05) is 23.3 Å². The van der Waals surface area contributed by atoms with E-state index in [1.165, 1.54) is 0 Å². The van der Waals surface area contributed by atoms with Gasteiger partial charge in [-0.1, -0.05) is 6.92 Å². The lowest BCUT2D eigenvalue weighted by Crippen LogP contribution is -2.28. The van der Waals surface area contributed by atoms with Gasteiger partial charge in [0.25, 0.3) is 0 Å². The van der Waals surface area contributed by atoms with E-state index in [-0.39, 0.29) is 17.7 Å². The molecule has 5 heteroatoms. The molecule has 1 unspecified atom stereocenters. The van der Waals surface area contributed by atoms with Gasteiger partial charge in [0, 0.05) is 30.9 Å². The summed E-state index contributed by atoms with van der Waals surface area (Å²) in [5.74, 6) is -0.0430. The molecule has 0 radical (unpaired) electrons. The molecule has 1 atom stereocenters. The van der Waals surface area contributed by atoms with E-state index in [1.807, 2.05) is 36.9 Å². The molecule has 1 fully saturated rings. The molecule has 0 saturated carbocycles. The Morgan fingerprint density at radius 1 is 1.48 bits per heavy atom. The molecule has 2 rings (SSSR count). The molecule has 1 saturated heterocycles. The summed E-state index contributed by atoms with van der Waals surface area (Å²) in [6, 6.07) is 5.65. The predicted octanol–water partition coefficient (Wildman–Crippen LogP) is 2.05. The van der Waals surface area contributed by atoms with Crippen LogP contribution in [0.3, 0.4) is 0 Å². The second kappa shape index (κ2) is 6.72. The Morgan fingerprint density at radius 3 is 2.76 bits per heavy atom. The summed E-state index contributed by atoms with van der Waals surface area (Å²) in [4.78, 5) is 25.6. The monoisotopic (exact) mass is 289 g/mol. The van der Waals surface area contributed by atoms with Crippen molar-refractivity contribution in [3.05, 3.63) is 23.8 Å². The first kappa shape index (κ1) is 15.5. The molecule has 1 aromatic rings. The summed E-state index contributed by atoms with van der Waals surface area (Å²) in [7, 11) is 0. The van der Waals surface area contributed by atoms with Crippen molar-refractivity contribution in [1.29, 1.82) is 0 Å². The van der Waals surface area contributed by atoms with E-state index in [9.17, 15) is 9.59 Å². The van der Waals surface area contributed by atoms with Gasteiger partial charge in [0.2, 0.25) is 11.8 Å². The van der Waals surface area contributed by atoms with Gasteiger partial charge >= 0.3 is 0 Å². The van der Waals surface area contributed by atoms with Crippen molar-refractivity contribution in [3.63, 3.8) is 0 Å². The highest BCUT2D eigenvalue weighted by molar-refractivity contribution is 5.97. The number of aryl methyl sites for hydroxylation is 1. The summed E-state index contributed by atoms with van der Waals surface area (Å²) >= 11 is 0. The van der Waals surface area contributed by atoms with Crippen LogP contribution in [0.2, 0.25) is 0 Å². The molecule has 1 heterocycles. The van der Waals surface area contributed by atoms with E-state index in [2.05, 4.69) is 5.32 Å². The third-order valence-corrected chi connectivity index (χ3v) is 3.98. The molecule has 2 amide bonds. The molecular formula is C16H23N3O2. The SMILES string of the molecule is CCC(CN)C(=O)Nc1ccc(N2CCCC2=O)c(C)c1. The fourth-order valence-electron chi connectivity index (χ4n) is 2.64. The van der Waals surface area contributed by atoms with E-state index in [0.29, 0.717) is 13.0 Å². The third kappa shape index (κ3) is 3.42. The number of hydrogen-bond acceptors (Lipinski definition) is 3. The average Bonchev–Trinajstić information content (AvgIpc) is 2.86. The average molecular weight is 289 g/mol. The second-order valence-electron chi connectivity index (χ2n) is 5.48. The van der Waals surface area contributed by atoms with E-state index in [0.717, 1.165) is 36.3 Å². The van der Waals surface area contributed by atoms with Crippen molar-refractivity contribution < 1.29 is 9.59 Å². The zero-order valence-corrected chi connectivity index (χ0v) is 12.7. The van der Waals surface area contributed by atoms with Gasteiger partial charge in [-0.15, -0.1) is 0 Å². The van der Waals surface area contributed by atoms with E-state index in [1.54, 1.807) is 0 Å². The Kier molecular flexibility index (Phi) is 4.96. The molecule has 1 aromatic carbocycles. The van der Waals surface area contributed by atoms with Gasteiger partial charge in [0.05, 0.1) is 5.92 Å². The first-order valence-corrected chi connectivity index (χ1v) is 7.48. The molecule has 3 N–H and O–H groups in total. The number of carbonyl (C=O) groups excluding carboxylic acids is 2. The normalized spacial score (nSPS) is 16.1. The van der Waals surface area contributed by atoms with Crippen LogP contribution in [0.4, 0.5) is 11.4 Å². The Balaban J connectivity index is 2.12. The second-order valence-corrected chi connectivity index (χ2v) is 5.48. The van der Waals surface area contributed by atoms with Crippen LogP contribution in [-0.4, -0.2) is 24.9 Å². The van der Waals surface area contributed by atoms with Gasteiger partial charge in [0.15, 0.2) is 0 Å². The molecule has 0 aromatic heterocycles. The lowest BCUT2D eigenvalue weighted by atomic mass is 10.1. The number of hydrogen-bond donors (Lipinski definition) is 2. The Labute approximate surface area is 125 Å². The Bertz CT molecular complexity index is 538. The lowest BCUT2D eigenvalue weighted by molar-refractivity contribution is -0.119. The fourth-order valence-corrected chi connectivity index (χ4v) is 2.64. The number of nitrogens with two attached hydrogens (primary N) is 1. The molecule has 0 bridgehead atoms. The minimum atomic E-state index is -0.162. The smallest absolute Gasteiger partial charge is 0.228 e. The predicted molar refractivity (Wildman–Crippen MR) is 84.2 cm³/mol. The van der Waals surface area contributed by atoms with Crippen LogP contribution < -0.4 is 16.0 Å². The van der Waals surface area contributed by atoms with Crippen LogP contribution in [-0.2, 0) is 9.59 Å². The maximum absolute atomic E-state index is 12.0. The lowest BCUT2D eigenvalue weighted by Gasteiger charge is -2.19. The number of benzene rings is 1. The largest absolute Gasteiger partial charge is 0.330 e. The Hall–Kier alpha value is -1.88. The molecule has 0 aliphatic carbocycles. The highest BCUT2D eigenvalue weighted by Crippen LogP contribution is 2.27. The maximum Gasteiger partial charge on any atom is 0.228 e. The van der Waals surface area contributed by atoms with Crippen LogP contribution in [0, 0.1) is 12.8 Å². The first-order valence-electron chi connectivity index (χ1n) is 7.48. The maximum atomic E-state index is 12.0. The topological polar surface area (TPSA) is 75.4 Å². The first-order chi connectivity index (χ1) is 10.1. The number of nitrogens with zero attached hydrogens (tertiary/aromatic N) is 1. The van der Waals surface area contributed by atoms with Crippen LogP contribution in [0.15, 0.2) is 18.2 Å². The number of rotatable bonds is 5. The zero-order valence-electron chi connectivity index (χ0n) is 12.7. The molecular weight excluding hydrogens is 266 g/mol. The number of carbonyl (C=O) groups is 2. The standard InChI is InChI=1S/C16H23N3O2/c1-3-12(10-17)16(21)18-13-6-7-14(11(2)9-13)19-8-4-5-15(19)20/h6-7,9,12H,3-5,8,10,17H2,1-2H3,(H,18,21). The van der Waals surface area contributed by atoms with Gasteiger partial charge in [-0.05, 0) is 43.5 Å². The van der Waals surface area contributed by atoms with E-state index < -0.39 is 0 Å². The van der Waals surface area contributed by atoms with Gasteiger partial charge in [-0.2, -0.15) is 0 Å². The number of amides is 2. The Morgan fingerprint density at radius 2 is 2.24 bits per heavy atom. The summed E-state index contributed by atoms with van der Waals surface area (Å²) in [6.45, 7) is 5.03. The van der Waals surface area contributed by atoms with Crippen molar-refractivity contribution in [3.8, 4) is 0 Å². The van der Waals surface area contributed by atoms with Gasteiger partial charge in [0.1, 0.15) is 0 Å². The fraction of sp³-hybridized carbons (Fsp3) is 0.500. The summed E-state index contributed by atoms with van der Waals surface area (Å²) in [5.41, 5.74) is 8.26. The zero-order chi connectivity index (χ0) is 15.4. The number of nitrogens with one attached hydrogen (secondary N) is 1. The molecule has 5 nitrogen and oxygen atoms in total. The van der Waals surface area contributed by atoms with Gasteiger partial charge in [-0.25, -0.2) is 0 Å². The van der Waals surface area contributed by atoms with E-state index in [4.69, 9.17) is 5.73 Å². The van der Waals surface area contributed by atoms with Crippen molar-refractivity contribution in [1.82, 2.24) is 0 Å². The quantitative estimate of drug-likeness (QED) is 0.871. The summed E-state index contributed by atoms with van der Waals surface area (Å²) in [5, 5.41) is 2.89. The minimum Gasteiger partial charge on any atom is -0.330 e. The van der Waals surface area contributed by atoms with Crippen LogP contribution in [0.25, 0.3) is 0 Å². The minimum absolute atomic E-state index is 0.0515. The summed E-state index contributed by atoms with van der Waals surface area (Å²) in [6.07, 6.45) is 2.25. The molecule has 1 aliphatic heterocycles. The highest BCUT2D eigenvalue weighted by Gasteiger charge is 2.23. The molecule has 21 heavy (non-hydrogen) atoms. The third-order valence-electron chi connectivity index (χ3n) is 3.98. The van der Waals surface area contributed by atoms with Crippen LogP contribution in [0.5, 0.6) is 0 Å². The molecule has 1 aliphatic rings. The van der Waals surface area contributed by atoms with Crippen molar-refractivity contribution >= 4 is 23.2 Å². The van der Waals surface area contributed by atoms with E-state index >= 15 is 0 Å². The van der Waals surface area contributed by atoms with Gasteiger partial charge < -0.3 is 16.0 Å². The number of anilines is 2. The van der Waals surface area contributed by atoms with Crippen LogP contribution >= 0.6 is 0 Å². The molecule has 0 spiro atoms.